The van der Waals surface area contributed by atoms with Crippen molar-refractivity contribution in [1.29, 1.82) is 0 Å². The van der Waals surface area contributed by atoms with Gasteiger partial charge < -0.3 is 9.84 Å². The molecular weight excluding hydrogens is 228 g/mol. The molecule has 0 bridgehead atoms. The number of ether oxygens (including phenoxy) is 1. The first-order chi connectivity index (χ1) is 6.16. The number of halogens is 1. The van der Waals surface area contributed by atoms with Gasteiger partial charge >= 0.3 is 11.9 Å². The van der Waals surface area contributed by atoms with E-state index in [2.05, 4.69) is 4.74 Å². The number of esters is 1. The van der Waals surface area contributed by atoms with Gasteiger partial charge in [-0.05, 0) is 18.4 Å². The van der Waals surface area contributed by atoms with Crippen LogP contribution in [-0.4, -0.2) is 23.7 Å². The number of carbonyl (C=O) groups is 2. The number of hydrogen-bond acceptors (Lipinski definition) is 4. The highest BCUT2D eigenvalue weighted by molar-refractivity contribution is 7.12. The molecule has 0 unspecified atom stereocenters. The molecule has 0 fully saturated rings. The molecule has 1 N–H and O–H groups in total. The normalized spacial score (nSPS) is 8.93. The van der Waals surface area contributed by atoms with E-state index in [1.54, 1.807) is 12.3 Å². The van der Waals surface area contributed by atoms with Crippen LogP contribution >= 0.6 is 23.7 Å². The lowest BCUT2D eigenvalue weighted by Gasteiger charge is -1.99. The summed E-state index contributed by atoms with van der Waals surface area (Å²) in [6.07, 6.45) is 0. The molecule has 78 valence electrons. The molecule has 0 amide bonds. The topological polar surface area (TPSA) is 63.6 Å². The Morgan fingerprint density at radius 1 is 1.57 bits per heavy atom. The van der Waals surface area contributed by atoms with Crippen LogP contribution in [0.25, 0.3) is 0 Å². The van der Waals surface area contributed by atoms with Crippen LogP contribution in [0.3, 0.4) is 0 Å². The van der Waals surface area contributed by atoms with Gasteiger partial charge in [0, 0.05) is 0 Å². The van der Waals surface area contributed by atoms with Crippen LogP contribution in [-0.2, 0) is 4.74 Å². The summed E-state index contributed by atoms with van der Waals surface area (Å²) in [5.41, 5.74) is 0.124. The Labute approximate surface area is 90.9 Å². The highest BCUT2D eigenvalue weighted by Gasteiger charge is 2.18. The summed E-state index contributed by atoms with van der Waals surface area (Å²) < 4.78 is 4.68. The molecule has 0 aromatic carbocycles. The van der Waals surface area contributed by atoms with Crippen LogP contribution in [0.15, 0.2) is 11.4 Å². The van der Waals surface area contributed by atoms with Crippen molar-refractivity contribution in [2.24, 2.45) is 0 Å². The second-order valence-corrected chi connectivity index (χ2v) is 3.11. The number of carbonyl (C=O) groups excluding carboxylic acids is 1. The van der Waals surface area contributed by atoms with Gasteiger partial charge in [-0.3, -0.25) is 0 Å². The smallest absolute Gasteiger partial charge is 0.346 e. The standard InChI is InChI=1S/C8H8O4S.ClH/c1-2-12-8(11)5-3-4-13-6(5)7(9)10;/h3-4H,2H2,1H3,(H,9,10);1H. The fraction of sp³-hybridized carbons (Fsp3) is 0.250. The molecule has 0 aliphatic heterocycles. The molecule has 0 saturated carbocycles. The van der Waals surface area contributed by atoms with E-state index in [4.69, 9.17) is 5.11 Å². The number of hydrogen-bond donors (Lipinski definition) is 1. The maximum atomic E-state index is 11.2. The lowest BCUT2D eigenvalue weighted by atomic mass is 10.2. The molecule has 1 aromatic heterocycles. The molecule has 0 radical (unpaired) electrons. The third-order valence-corrected chi connectivity index (χ3v) is 2.26. The molecule has 6 heteroatoms. The molecule has 0 saturated heterocycles. The number of thiophene rings is 1. The quantitative estimate of drug-likeness (QED) is 0.816. The zero-order valence-corrected chi connectivity index (χ0v) is 8.98. The van der Waals surface area contributed by atoms with E-state index in [-0.39, 0.29) is 29.5 Å². The largest absolute Gasteiger partial charge is 0.477 e. The van der Waals surface area contributed by atoms with Gasteiger partial charge in [-0.15, -0.1) is 23.7 Å². The van der Waals surface area contributed by atoms with Crippen molar-refractivity contribution in [3.8, 4) is 0 Å². The van der Waals surface area contributed by atoms with Crippen LogP contribution in [0.5, 0.6) is 0 Å². The second kappa shape index (κ2) is 5.62. The van der Waals surface area contributed by atoms with Gasteiger partial charge in [0.15, 0.2) is 0 Å². The maximum Gasteiger partial charge on any atom is 0.346 e. The van der Waals surface area contributed by atoms with Gasteiger partial charge in [0.1, 0.15) is 4.88 Å². The summed E-state index contributed by atoms with van der Waals surface area (Å²) in [5.74, 6) is -1.68. The minimum Gasteiger partial charge on any atom is -0.477 e. The van der Waals surface area contributed by atoms with Crippen molar-refractivity contribution < 1.29 is 19.4 Å². The van der Waals surface area contributed by atoms with E-state index >= 15 is 0 Å². The van der Waals surface area contributed by atoms with Gasteiger partial charge in [-0.2, -0.15) is 0 Å². The summed E-state index contributed by atoms with van der Waals surface area (Å²) in [6, 6.07) is 1.45. The molecule has 1 heterocycles. The van der Waals surface area contributed by atoms with E-state index < -0.39 is 11.9 Å². The molecule has 0 spiro atoms. The van der Waals surface area contributed by atoms with Crippen molar-refractivity contribution >= 4 is 35.7 Å². The predicted molar refractivity (Wildman–Crippen MR) is 54.5 cm³/mol. The lowest BCUT2D eigenvalue weighted by Crippen LogP contribution is -2.08. The Morgan fingerprint density at radius 2 is 2.21 bits per heavy atom. The van der Waals surface area contributed by atoms with Crippen LogP contribution in [0.2, 0.25) is 0 Å². The Bertz CT molecular complexity index is 334. The highest BCUT2D eigenvalue weighted by atomic mass is 35.5. The van der Waals surface area contributed by atoms with Crippen LogP contribution < -0.4 is 0 Å². The number of carboxylic acid groups (broad SMARTS) is 1. The molecule has 0 aliphatic carbocycles. The van der Waals surface area contributed by atoms with Crippen molar-refractivity contribution in [2.45, 2.75) is 6.92 Å². The second-order valence-electron chi connectivity index (χ2n) is 2.19. The molecule has 14 heavy (non-hydrogen) atoms. The number of rotatable bonds is 3. The Hall–Kier alpha value is -1.07. The van der Waals surface area contributed by atoms with Crippen molar-refractivity contribution in [3.05, 3.63) is 21.9 Å². The molecule has 1 aromatic rings. The maximum absolute atomic E-state index is 11.2. The van der Waals surface area contributed by atoms with Crippen LogP contribution in [0.1, 0.15) is 27.0 Å². The van der Waals surface area contributed by atoms with Crippen LogP contribution in [0.4, 0.5) is 0 Å². The lowest BCUT2D eigenvalue weighted by molar-refractivity contribution is 0.0516. The first-order valence-corrected chi connectivity index (χ1v) is 4.52. The summed E-state index contributed by atoms with van der Waals surface area (Å²) >= 11 is 1.01. The van der Waals surface area contributed by atoms with Crippen LogP contribution in [0, 0.1) is 0 Å². The van der Waals surface area contributed by atoms with Gasteiger partial charge in [0.05, 0.1) is 12.2 Å². The van der Waals surface area contributed by atoms with E-state index in [1.165, 1.54) is 6.07 Å². The number of aromatic carboxylic acids is 1. The van der Waals surface area contributed by atoms with Crippen molar-refractivity contribution in [2.75, 3.05) is 6.61 Å². The third-order valence-electron chi connectivity index (χ3n) is 1.35. The predicted octanol–water partition coefficient (Wildman–Crippen LogP) is 2.04. The molecule has 1 rings (SSSR count). The first-order valence-electron chi connectivity index (χ1n) is 3.64. The highest BCUT2D eigenvalue weighted by Crippen LogP contribution is 2.17. The summed E-state index contributed by atoms with van der Waals surface area (Å²) in [5, 5.41) is 10.2. The minimum absolute atomic E-state index is 0. The van der Waals surface area contributed by atoms with E-state index in [0.29, 0.717) is 0 Å². The Balaban J connectivity index is 0.00000169. The van der Waals surface area contributed by atoms with Crippen molar-refractivity contribution in [1.82, 2.24) is 0 Å². The van der Waals surface area contributed by atoms with Gasteiger partial charge in [-0.1, -0.05) is 0 Å². The molecular formula is C8H9ClO4S. The third kappa shape index (κ3) is 2.71. The Kier molecular flexibility index (Phi) is 5.19. The molecule has 0 atom stereocenters. The molecule has 0 aliphatic rings. The van der Waals surface area contributed by atoms with E-state index in [1.807, 2.05) is 0 Å². The van der Waals surface area contributed by atoms with E-state index in [0.717, 1.165) is 11.3 Å². The number of carboxylic acids is 1. The molecule has 4 nitrogen and oxygen atoms in total. The van der Waals surface area contributed by atoms with Gasteiger partial charge in [0.25, 0.3) is 0 Å². The fourth-order valence-electron chi connectivity index (χ4n) is 0.844. The first kappa shape index (κ1) is 12.9. The Morgan fingerprint density at radius 3 is 2.71 bits per heavy atom. The van der Waals surface area contributed by atoms with E-state index in [9.17, 15) is 9.59 Å². The average Bonchev–Trinajstić information content (AvgIpc) is 2.52. The minimum atomic E-state index is -1.10. The zero-order chi connectivity index (χ0) is 9.84. The summed E-state index contributed by atoms with van der Waals surface area (Å²) in [4.78, 5) is 21.8. The van der Waals surface area contributed by atoms with Gasteiger partial charge in [0.2, 0.25) is 0 Å². The zero-order valence-electron chi connectivity index (χ0n) is 7.35. The monoisotopic (exact) mass is 236 g/mol. The van der Waals surface area contributed by atoms with Crippen molar-refractivity contribution in [3.63, 3.8) is 0 Å². The average molecular weight is 237 g/mol. The fourth-order valence-corrected chi connectivity index (χ4v) is 1.56. The van der Waals surface area contributed by atoms with Gasteiger partial charge in [-0.25, -0.2) is 9.59 Å². The summed E-state index contributed by atoms with van der Waals surface area (Å²) in [7, 11) is 0. The SMILES string of the molecule is CCOC(=O)c1ccsc1C(=O)O.Cl. The summed E-state index contributed by atoms with van der Waals surface area (Å²) in [6.45, 7) is 1.92.